The van der Waals surface area contributed by atoms with Crippen LogP contribution in [0.2, 0.25) is 0 Å². The van der Waals surface area contributed by atoms with Crippen molar-refractivity contribution in [3.05, 3.63) is 35.4 Å². The molecule has 1 saturated carbocycles. The van der Waals surface area contributed by atoms with Crippen molar-refractivity contribution in [3.63, 3.8) is 0 Å². The van der Waals surface area contributed by atoms with Gasteiger partial charge in [0.05, 0.1) is 12.0 Å². The first kappa shape index (κ1) is 12.7. The molecule has 2 bridgehead atoms. The average Bonchev–Trinajstić information content (AvgIpc) is 3.02. The van der Waals surface area contributed by atoms with Gasteiger partial charge in [-0.3, -0.25) is 4.79 Å². The number of esters is 1. The van der Waals surface area contributed by atoms with E-state index in [1.807, 2.05) is 13.0 Å². The van der Waals surface area contributed by atoms with Crippen LogP contribution in [0.4, 0.5) is 0 Å². The lowest BCUT2D eigenvalue weighted by molar-refractivity contribution is -0.151. The zero-order valence-corrected chi connectivity index (χ0v) is 11.4. The zero-order chi connectivity index (χ0) is 13.3. The van der Waals surface area contributed by atoms with Crippen LogP contribution >= 0.6 is 0 Å². The zero-order valence-electron chi connectivity index (χ0n) is 11.4. The normalized spacial score (nSPS) is 27.3. The lowest BCUT2D eigenvalue weighted by Crippen LogP contribution is -2.34. The molecule has 2 aliphatic carbocycles. The highest BCUT2D eigenvalue weighted by Gasteiger charge is 2.54. The quantitative estimate of drug-likeness (QED) is 0.603. The van der Waals surface area contributed by atoms with Crippen LogP contribution in [0.1, 0.15) is 43.2 Å². The van der Waals surface area contributed by atoms with Gasteiger partial charge in [-0.2, -0.15) is 0 Å². The molecule has 0 aliphatic heterocycles. The fraction of sp³-hybridized carbons (Fsp3) is 0.562. The van der Waals surface area contributed by atoms with Gasteiger partial charge in [0.1, 0.15) is 6.61 Å². The van der Waals surface area contributed by atoms with Crippen LogP contribution < -0.4 is 0 Å². The number of rotatable bonds is 5. The molecule has 0 amide bonds. The molecule has 3 nitrogen and oxygen atoms in total. The van der Waals surface area contributed by atoms with Gasteiger partial charge >= 0.3 is 5.97 Å². The Morgan fingerprint density at radius 3 is 3.05 bits per heavy atom. The van der Waals surface area contributed by atoms with Gasteiger partial charge in [0.15, 0.2) is 0 Å². The molecular weight excluding hydrogens is 240 g/mol. The van der Waals surface area contributed by atoms with E-state index in [0.717, 1.165) is 19.3 Å². The summed E-state index contributed by atoms with van der Waals surface area (Å²) >= 11 is 0. The first-order valence-corrected chi connectivity index (χ1v) is 7.12. The number of ether oxygens (including phenoxy) is 2. The van der Waals surface area contributed by atoms with Gasteiger partial charge in [-0.15, -0.1) is 0 Å². The lowest BCUT2D eigenvalue weighted by Gasteiger charge is -2.26. The summed E-state index contributed by atoms with van der Waals surface area (Å²) in [5.41, 5.74) is 2.19. The number of carbonyl (C=O) groups excluding carboxylic acids is 1. The standard InChI is InChI=1S/C16H20O3/c1-2-18-9-10-19-15(17)16-8-7-12(11-16)13-5-3-4-6-14(13)16/h3-6,12H,2,7-11H2,1H3/t12-,16-/m1/s1. The van der Waals surface area contributed by atoms with Gasteiger partial charge in [0.2, 0.25) is 0 Å². The van der Waals surface area contributed by atoms with Crippen molar-refractivity contribution < 1.29 is 14.3 Å². The summed E-state index contributed by atoms with van der Waals surface area (Å²) in [5.74, 6) is 0.496. The van der Waals surface area contributed by atoms with Crippen LogP contribution in [-0.2, 0) is 19.7 Å². The molecule has 2 atom stereocenters. The van der Waals surface area contributed by atoms with Gasteiger partial charge in [-0.1, -0.05) is 24.3 Å². The Balaban J connectivity index is 1.75. The van der Waals surface area contributed by atoms with Crippen molar-refractivity contribution in [2.75, 3.05) is 19.8 Å². The van der Waals surface area contributed by atoms with Crippen LogP contribution in [0.5, 0.6) is 0 Å². The summed E-state index contributed by atoms with van der Waals surface area (Å²) in [6.07, 6.45) is 2.97. The summed E-state index contributed by atoms with van der Waals surface area (Å²) in [6.45, 7) is 3.45. The Bertz CT molecular complexity index is 483. The van der Waals surface area contributed by atoms with E-state index in [2.05, 4.69) is 18.2 Å². The van der Waals surface area contributed by atoms with Gasteiger partial charge < -0.3 is 9.47 Å². The lowest BCUT2D eigenvalue weighted by atomic mass is 9.79. The summed E-state index contributed by atoms with van der Waals surface area (Å²) in [4.78, 5) is 12.5. The molecule has 2 aliphatic rings. The molecule has 0 unspecified atom stereocenters. The molecule has 0 radical (unpaired) electrons. The van der Waals surface area contributed by atoms with Gasteiger partial charge in [-0.05, 0) is 43.2 Å². The van der Waals surface area contributed by atoms with Crippen LogP contribution in [0.25, 0.3) is 0 Å². The highest BCUT2D eigenvalue weighted by Crippen LogP contribution is 2.57. The van der Waals surface area contributed by atoms with Crippen LogP contribution in [0.3, 0.4) is 0 Å². The van der Waals surface area contributed by atoms with Crippen molar-refractivity contribution in [1.82, 2.24) is 0 Å². The van der Waals surface area contributed by atoms with Gasteiger partial charge in [-0.25, -0.2) is 0 Å². The number of carbonyl (C=O) groups is 1. The second-order valence-corrected chi connectivity index (χ2v) is 5.44. The monoisotopic (exact) mass is 260 g/mol. The van der Waals surface area contributed by atoms with E-state index in [9.17, 15) is 4.79 Å². The third-order valence-corrected chi connectivity index (χ3v) is 4.49. The number of benzene rings is 1. The highest BCUT2D eigenvalue weighted by atomic mass is 16.6. The molecule has 3 rings (SSSR count). The molecule has 0 spiro atoms. The molecule has 1 aromatic rings. The first-order valence-electron chi connectivity index (χ1n) is 7.12. The molecule has 0 saturated heterocycles. The fourth-order valence-electron chi connectivity index (χ4n) is 3.62. The minimum absolute atomic E-state index is 0.0559. The summed E-state index contributed by atoms with van der Waals surface area (Å²) in [5, 5.41) is 0. The number of hydrogen-bond donors (Lipinski definition) is 0. The molecule has 0 heterocycles. The van der Waals surface area contributed by atoms with Crippen molar-refractivity contribution in [2.45, 2.75) is 37.5 Å². The number of fused-ring (bicyclic) bond motifs is 5. The summed E-state index contributed by atoms with van der Waals surface area (Å²) < 4.78 is 10.7. The Morgan fingerprint density at radius 1 is 1.37 bits per heavy atom. The second-order valence-electron chi connectivity index (χ2n) is 5.44. The molecule has 3 heteroatoms. The second kappa shape index (κ2) is 4.97. The minimum Gasteiger partial charge on any atom is -0.463 e. The predicted molar refractivity (Wildman–Crippen MR) is 72.2 cm³/mol. The Labute approximate surface area is 113 Å². The van der Waals surface area contributed by atoms with Crippen LogP contribution in [-0.4, -0.2) is 25.8 Å². The molecule has 102 valence electrons. The number of hydrogen-bond acceptors (Lipinski definition) is 3. The van der Waals surface area contributed by atoms with Gasteiger partial charge in [0.25, 0.3) is 0 Å². The van der Waals surface area contributed by atoms with E-state index in [1.165, 1.54) is 11.1 Å². The van der Waals surface area contributed by atoms with E-state index in [1.54, 1.807) is 0 Å². The maximum atomic E-state index is 12.5. The third-order valence-electron chi connectivity index (χ3n) is 4.49. The largest absolute Gasteiger partial charge is 0.463 e. The predicted octanol–water partition coefficient (Wildman–Crippen LogP) is 2.79. The average molecular weight is 260 g/mol. The SMILES string of the molecule is CCOCCOC(=O)[C@]12CC[C@H](C1)c1ccccc12. The summed E-state index contributed by atoms with van der Waals surface area (Å²) in [7, 11) is 0. The molecule has 0 N–H and O–H groups in total. The molecule has 19 heavy (non-hydrogen) atoms. The Hall–Kier alpha value is -1.35. The van der Waals surface area contributed by atoms with Crippen LogP contribution in [0, 0.1) is 0 Å². The summed E-state index contributed by atoms with van der Waals surface area (Å²) in [6, 6.07) is 8.34. The van der Waals surface area contributed by atoms with Crippen molar-refractivity contribution >= 4 is 5.97 Å². The smallest absolute Gasteiger partial charge is 0.316 e. The van der Waals surface area contributed by atoms with E-state index < -0.39 is 0 Å². The van der Waals surface area contributed by atoms with E-state index in [4.69, 9.17) is 9.47 Å². The molecule has 0 aromatic heterocycles. The van der Waals surface area contributed by atoms with E-state index in [-0.39, 0.29) is 11.4 Å². The van der Waals surface area contributed by atoms with Crippen molar-refractivity contribution in [1.29, 1.82) is 0 Å². The minimum atomic E-state index is -0.368. The van der Waals surface area contributed by atoms with E-state index >= 15 is 0 Å². The maximum Gasteiger partial charge on any atom is 0.316 e. The Morgan fingerprint density at radius 2 is 2.21 bits per heavy atom. The maximum absolute atomic E-state index is 12.5. The van der Waals surface area contributed by atoms with E-state index in [0.29, 0.717) is 25.7 Å². The fourth-order valence-corrected chi connectivity index (χ4v) is 3.62. The van der Waals surface area contributed by atoms with Gasteiger partial charge in [0, 0.05) is 6.61 Å². The third kappa shape index (κ3) is 1.96. The molecule has 1 fully saturated rings. The topological polar surface area (TPSA) is 35.5 Å². The first-order chi connectivity index (χ1) is 9.28. The molecule has 1 aromatic carbocycles. The van der Waals surface area contributed by atoms with Crippen LogP contribution in [0.15, 0.2) is 24.3 Å². The Kier molecular flexibility index (Phi) is 3.31. The van der Waals surface area contributed by atoms with Crippen molar-refractivity contribution in [3.8, 4) is 0 Å². The molecular formula is C16H20O3. The highest BCUT2D eigenvalue weighted by molar-refractivity contribution is 5.86. The van der Waals surface area contributed by atoms with Crippen molar-refractivity contribution in [2.24, 2.45) is 0 Å².